The third-order valence-electron chi connectivity index (χ3n) is 3.18. The fourth-order valence-corrected chi connectivity index (χ4v) is 3.08. The van der Waals surface area contributed by atoms with Crippen LogP contribution in [0.25, 0.3) is 11.5 Å². The van der Waals surface area contributed by atoms with Crippen molar-refractivity contribution in [2.45, 2.75) is 6.54 Å². The third-order valence-corrected chi connectivity index (χ3v) is 4.05. The van der Waals surface area contributed by atoms with Gasteiger partial charge in [0.25, 0.3) is 0 Å². The summed E-state index contributed by atoms with van der Waals surface area (Å²) in [4.78, 5) is 5.60. The van der Waals surface area contributed by atoms with Crippen molar-refractivity contribution in [1.29, 1.82) is 0 Å². The van der Waals surface area contributed by atoms with E-state index in [1.807, 2.05) is 47.9 Å². The van der Waals surface area contributed by atoms with Gasteiger partial charge in [-0.3, -0.25) is 0 Å². The quantitative estimate of drug-likeness (QED) is 0.661. The highest BCUT2D eigenvalue weighted by atomic mass is 32.1. The van der Waals surface area contributed by atoms with Crippen LogP contribution in [0.3, 0.4) is 0 Å². The molecule has 4 nitrogen and oxygen atoms in total. The standard InChI is InChI=1S/C17H16N2O2S/c1-3-10-19-14(16-9-6-11-21-16)12-22-17(19)18-13-7-4-5-8-15(13)20-2/h3-9,11-12H,1,10H2,2H3. The van der Waals surface area contributed by atoms with Crippen molar-refractivity contribution in [1.82, 2.24) is 4.57 Å². The maximum Gasteiger partial charge on any atom is 0.190 e. The molecule has 0 amide bonds. The predicted octanol–water partition coefficient (Wildman–Crippen LogP) is 4.24. The first-order chi connectivity index (χ1) is 10.8. The second kappa shape index (κ2) is 6.49. The van der Waals surface area contributed by atoms with Gasteiger partial charge in [-0.05, 0) is 24.3 Å². The Balaban J connectivity index is 2.15. The maximum absolute atomic E-state index is 5.50. The summed E-state index contributed by atoms with van der Waals surface area (Å²) in [5.41, 5.74) is 1.79. The van der Waals surface area contributed by atoms with Crippen LogP contribution >= 0.6 is 11.3 Å². The van der Waals surface area contributed by atoms with Gasteiger partial charge in [0.05, 0.1) is 19.1 Å². The molecule has 5 heteroatoms. The smallest absolute Gasteiger partial charge is 0.190 e. The van der Waals surface area contributed by atoms with E-state index in [0.29, 0.717) is 6.54 Å². The van der Waals surface area contributed by atoms with Gasteiger partial charge in [0, 0.05) is 11.9 Å². The molecule has 22 heavy (non-hydrogen) atoms. The molecule has 0 aliphatic heterocycles. The van der Waals surface area contributed by atoms with Crippen LogP contribution in [0.1, 0.15) is 0 Å². The monoisotopic (exact) mass is 312 g/mol. The number of nitrogens with zero attached hydrogens (tertiary/aromatic N) is 2. The SMILES string of the molecule is C=CCn1c(-c2ccco2)csc1=Nc1ccccc1OC. The van der Waals surface area contributed by atoms with Crippen molar-refractivity contribution < 1.29 is 9.15 Å². The molecule has 3 aromatic rings. The van der Waals surface area contributed by atoms with Crippen molar-refractivity contribution in [2.24, 2.45) is 4.99 Å². The minimum absolute atomic E-state index is 0.660. The van der Waals surface area contributed by atoms with E-state index < -0.39 is 0 Å². The van der Waals surface area contributed by atoms with Crippen molar-refractivity contribution in [3.8, 4) is 17.2 Å². The number of ether oxygens (including phenoxy) is 1. The molecule has 0 radical (unpaired) electrons. The average Bonchev–Trinajstić information content (AvgIpc) is 3.19. The van der Waals surface area contributed by atoms with E-state index in [9.17, 15) is 0 Å². The number of rotatable bonds is 5. The molecule has 112 valence electrons. The highest BCUT2D eigenvalue weighted by Gasteiger charge is 2.10. The van der Waals surface area contributed by atoms with E-state index in [-0.39, 0.29) is 0 Å². The first kappa shape index (κ1) is 14.4. The number of benzene rings is 1. The summed E-state index contributed by atoms with van der Waals surface area (Å²) in [5, 5.41) is 2.04. The van der Waals surface area contributed by atoms with Crippen molar-refractivity contribution >= 4 is 17.0 Å². The van der Waals surface area contributed by atoms with Crippen LogP contribution < -0.4 is 9.54 Å². The normalized spacial score (nSPS) is 11.6. The van der Waals surface area contributed by atoms with Crippen LogP contribution in [0.15, 0.2) is 70.1 Å². The summed E-state index contributed by atoms with van der Waals surface area (Å²) in [6, 6.07) is 11.5. The first-order valence-electron chi connectivity index (χ1n) is 6.84. The number of furan rings is 1. The molecule has 2 aromatic heterocycles. The lowest BCUT2D eigenvalue weighted by Crippen LogP contribution is -2.14. The highest BCUT2D eigenvalue weighted by Crippen LogP contribution is 2.26. The average molecular weight is 312 g/mol. The minimum atomic E-state index is 0.660. The van der Waals surface area contributed by atoms with Crippen LogP contribution in [0, 0.1) is 0 Å². The summed E-state index contributed by atoms with van der Waals surface area (Å²) >= 11 is 1.56. The molecule has 0 aliphatic rings. The molecule has 0 N–H and O–H groups in total. The Kier molecular flexibility index (Phi) is 4.25. The molecule has 0 bridgehead atoms. The van der Waals surface area contributed by atoms with E-state index in [1.54, 1.807) is 24.7 Å². The second-order valence-corrected chi connectivity index (χ2v) is 5.40. The van der Waals surface area contributed by atoms with Gasteiger partial charge >= 0.3 is 0 Å². The summed E-state index contributed by atoms with van der Waals surface area (Å²) in [6.45, 7) is 4.49. The van der Waals surface area contributed by atoms with E-state index in [1.165, 1.54) is 0 Å². The van der Waals surface area contributed by atoms with Gasteiger partial charge in [-0.2, -0.15) is 0 Å². The lowest BCUT2D eigenvalue weighted by Gasteiger charge is -2.05. The molecule has 3 rings (SSSR count). The van der Waals surface area contributed by atoms with Gasteiger partial charge in [0.1, 0.15) is 11.4 Å². The molecule has 0 aliphatic carbocycles. The number of aromatic nitrogens is 1. The Labute approximate surface area is 132 Å². The summed E-state index contributed by atoms with van der Waals surface area (Å²) in [6.07, 6.45) is 3.52. The maximum atomic E-state index is 5.50. The van der Waals surface area contributed by atoms with Gasteiger partial charge < -0.3 is 13.7 Å². The molecule has 1 aromatic carbocycles. The molecule has 2 heterocycles. The Hall–Kier alpha value is -2.53. The summed E-state index contributed by atoms with van der Waals surface area (Å²) in [7, 11) is 1.65. The fourth-order valence-electron chi connectivity index (χ4n) is 2.17. The van der Waals surface area contributed by atoms with Crippen molar-refractivity contribution in [3.05, 3.63) is 65.5 Å². The zero-order valence-electron chi connectivity index (χ0n) is 12.2. The topological polar surface area (TPSA) is 39.7 Å². The highest BCUT2D eigenvalue weighted by molar-refractivity contribution is 7.07. The van der Waals surface area contributed by atoms with Crippen LogP contribution in [-0.2, 0) is 6.54 Å². The lowest BCUT2D eigenvalue weighted by molar-refractivity contribution is 0.416. The van der Waals surface area contributed by atoms with Gasteiger partial charge in [-0.25, -0.2) is 4.99 Å². The minimum Gasteiger partial charge on any atom is -0.494 e. The Bertz CT molecular complexity index is 828. The van der Waals surface area contributed by atoms with E-state index in [0.717, 1.165) is 27.7 Å². The van der Waals surface area contributed by atoms with E-state index in [4.69, 9.17) is 14.1 Å². The van der Waals surface area contributed by atoms with Crippen molar-refractivity contribution in [3.63, 3.8) is 0 Å². The van der Waals surface area contributed by atoms with Crippen LogP contribution in [0.4, 0.5) is 5.69 Å². The molecular weight excluding hydrogens is 296 g/mol. The third kappa shape index (κ3) is 2.76. The zero-order valence-corrected chi connectivity index (χ0v) is 13.0. The predicted molar refractivity (Wildman–Crippen MR) is 88.4 cm³/mol. The number of hydrogen-bond donors (Lipinski definition) is 0. The van der Waals surface area contributed by atoms with Crippen LogP contribution in [-0.4, -0.2) is 11.7 Å². The Morgan fingerprint density at radius 3 is 2.91 bits per heavy atom. The van der Waals surface area contributed by atoms with Gasteiger partial charge in [-0.1, -0.05) is 18.2 Å². The number of methoxy groups -OCH3 is 1. The molecular formula is C17H16N2O2S. The van der Waals surface area contributed by atoms with Crippen LogP contribution in [0.5, 0.6) is 5.75 Å². The zero-order chi connectivity index (χ0) is 15.4. The Morgan fingerprint density at radius 1 is 1.32 bits per heavy atom. The molecule has 0 fully saturated rings. The van der Waals surface area contributed by atoms with Crippen LogP contribution in [0.2, 0.25) is 0 Å². The number of allylic oxidation sites excluding steroid dienone is 1. The van der Waals surface area contributed by atoms with E-state index in [2.05, 4.69) is 11.1 Å². The Morgan fingerprint density at radius 2 is 2.18 bits per heavy atom. The molecule has 0 saturated heterocycles. The largest absolute Gasteiger partial charge is 0.494 e. The van der Waals surface area contributed by atoms with Gasteiger partial charge in [0.15, 0.2) is 10.6 Å². The molecule has 0 unspecified atom stereocenters. The fraction of sp³-hybridized carbons (Fsp3) is 0.118. The number of para-hydroxylation sites is 2. The first-order valence-corrected chi connectivity index (χ1v) is 7.72. The van der Waals surface area contributed by atoms with E-state index >= 15 is 0 Å². The molecule has 0 saturated carbocycles. The lowest BCUT2D eigenvalue weighted by atomic mass is 10.3. The van der Waals surface area contributed by atoms with Crippen molar-refractivity contribution in [2.75, 3.05) is 7.11 Å². The summed E-state index contributed by atoms with van der Waals surface area (Å²) < 4.78 is 12.9. The summed E-state index contributed by atoms with van der Waals surface area (Å²) in [5.74, 6) is 1.57. The number of hydrogen-bond acceptors (Lipinski definition) is 4. The molecule has 0 atom stereocenters. The van der Waals surface area contributed by atoms with Gasteiger partial charge in [-0.15, -0.1) is 17.9 Å². The second-order valence-electron chi connectivity index (χ2n) is 4.56. The molecule has 0 spiro atoms. The number of thiazole rings is 1. The van der Waals surface area contributed by atoms with Gasteiger partial charge in [0.2, 0.25) is 0 Å².